The molecule has 1 aliphatic heterocycles. The molecule has 168 valence electrons. The zero-order valence-corrected chi connectivity index (χ0v) is 19.4. The van der Waals surface area contributed by atoms with Crippen molar-refractivity contribution in [1.29, 1.82) is 0 Å². The molecule has 1 aliphatic carbocycles. The molecule has 2 fully saturated rings. The van der Waals surface area contributed by atoms with Gasteiger partial charge in [-0.2, -0.15) is 0 Å². The van der Waals surface area contributed by atoms with Crippen molar-refractivity contribution in [3.63, 3.8) is 0 Å². The highest BCUT2D eigenvalue weighted by Crippen LogP contribution is 2.50. The number of carbonyl (C=O) groups is 1. The summed E-state index contributed by atoms with van der Waals surface area (Å²) in [4.78, 5) is 14.3. The van der Waals surface area contributed by atoms with Crippen molar-refractivity contribution in [2.75, 3.05) is 20.8 Å². The fraction of sp³-hybridized carbons (Fsp3) is 0.464. The predicted molar refractivity (Wildman–Crippen MR) is 127 cm³/mol. The van der Waals surface area contributed by atoms with E-state index in [9.17, 15) is 4.79 Å². The maximum Gasteiger partial charge on any atom is 0.409 e. The van der Waals surface area contributed by atoms with Crippen molar-refractivity contribution in [3.05, 3.63) is 65.2 Å². The predicted octanol–water partition coefficient (Wildman–Crippen LogP) is 5.62. The van der Waals surface area contributed by atoms with E-state index in [1.807, 2.05) is 17.0 Å². The van der Waals surface area contributed by atoms with Gasteiger partial charge in [0.1, 0.15) is 5.75 Å². The van der Waals surface area contributed by atoms with Crippen LogP contribution in [0.2, 0.25) is 0 Å². The second-order valence-corrected chi connectivity index (χ2v) is 9.14. The Balaban J connectivity index is 1.64. The van der Waals surface area contributed by atoms with Crippen molar-refractivity contribution in [2.24, 2.45) is 11.3 Å². The summed E-state index contributed by atoms with van der Waals surface area (Å²) < 4.78 is 10.4. The van der Waals surface area contributed by atoms with Crippen molar-refractivity contribution < 1.29 is 14.3 Å². The number of amides is 1. The summed E-state index contributed by atoms with van der Waals surface area (Å²) in [6.07, 6.45) is 5.96. The smallest absolute Gasteiger partial charge is 0.409 e. The summed E-state index contributed by atoms with van der Waals surface area (Å²) >= 11 is 0. The summed E-state index contributed by atoms with van der Waals surface area (Å²) in [6.45, 7) is 2.87. The molecule has 4 heteroatoms. The lowest BCUT2D eigenvalue weighted by Gasteiger charge is -2.43. The first-order valence-corrected chi connectivity index (χ1v) is 11.6. The number of methoxy groups -OCH3 is 2. The van der Waals surface area contributed by atoms with Crippen LogP contribution in [-0.2, 0) is 11.2 Å². The third-order valence-corrected chi connectivity index (χ3v) is 7.28. The van der Waals surface area contributed by atoms with E-state index in [1.165, 1.54) is 18.2 Å². The third-order valence-electron chi connectivity index (χ3n) is 7.28. The molecule has 4 nitrogen and oxygen atoms in total. The minimum Gasteiger partial charge on any atom is -0.497 e. The van der Waals surface area contributed by atoms with Gasteiger partial charge in [-0.05, 0) is 86.8 Å². The topological polar surface area (TPSA) is 38.8 Å². The molecular weight excluding hydrogens is 398 g/mol. The molecule has 1 saturated heterocycles. The number of benzene rings is 2. The van der Waals surface area contributed by atoms with E-state index in [0.717, 1.165) is 56.4 Å². The molecule has 1 amide bonds. The van der Waals surface area contributed by atoms with E-state index in [2.05, 4.69) is 55.2 Å². The van der Waals surface area contributed by atoms with Gasteiger partial charge in [-0.15, -0.1) is 0 Å². The molecule has 4 rings (SSSR count). The SMILES string of the molecule is COC(=O)N1CC[C@@H]2[C@H]1CCCC2(C#Cc1cccc(C)c1)CCc1ccc(OC)cc1. The Morgan fingerprint density at radius 1 is 1.16 bits per heavy atom. The standard InChI is InChI=1S/C28H33NO3/c1-21-6-4-7-23(20-21)14-18-28(17-13-22-9-11-24(31-2)12-10-22)16-5-8-26-25(28)15-19-29(26)27(30)32-3/h4,6-7,9-12,20,25-26H,5,8,13,15-17,19H2,1-3H3/t25-,26-,28?/m1/s1. The average Bonchev–Trinajstić information content (AvgIpc) is 3.27. The molecule has 0 N–H and O–H groups in total. The van der Waals surface area contributed by atoms with E-state index < -0.39 is 0 Å². The molecule has 0 radical (unpaired) electrons. The zero-order chi connectivity index (χ0) is 22.6. The van der Waals surface area contributed by atoms with Crippen LogP contribution in [0.5, 0.6) is 5.75 Å². The minimum absolute atomic E-state index is 0.102. The van der Waals surface area contributed by atoms with Crippen LogP contribution in [0.1, 0.15) is 48.8 Å². The zero-order valence-electron chi connectivity index (χ0n) is 19.4. The lowest BCUT2D eigenvalue weighted by atomic mass is 9.62. The van der Waals surface area contributed by atoms with Gasteiger partial charge in [0, 0.05) is 23.6 Å². The van der Waals surface area contributed by atoms with Crippen LogP contribution in [-0.4, -0.2) is 37.8 Å². The second kappa shape index (κ2) is 9.69. The number of nitrogens with zero attached hydrogens (tertiary/aromatic N) is 1. The number of fused-ring (bicyclic) bond motifs is 1. The Hall–Kier alpha value is -2.93. The van der Waals surface area contributed by atoms with Crippen LogP contribution in [0.15, 0.2) is 48.5 Å². The van der Waals surface area contributed by atoms with Gasteiger partial charge < -0.3 is 14.4 Å². The number of likely N-dealkylation sites (tertiary alicyclic amines) is 1. The average molecular weight is 432 g/mol. The summed E-state index contributed by atoms with van der Waals surface area (Å²) in [7, 11) is 3.17. The van der Waals surface area contributed by atoms with Crippen molar-refractivity contribution in [2.45, 2.75) is 51.5 Å². The highest BCUT2D eigenvalue weighted by Gasteiger charge is 2.50. The van der Waals surface area contributed by atoms with Crippen LogP contribution in [0.4, 0.5) is 4.79 Å². The van der Waals surface area contributed by atoms with Crippen molar-refractivity contribution in [1.82, 2.24) is 4.90 Å². The maximum atomic E-state index is 12.4. The summed E-state index contributed by atoms with van der Waals surface area (Å²) in [5.41, 5.74) is 3.49. The van der Waals surface area contributed by atoms with Gasteiger partial charge >= 0.3 is 6.09 Å². The van der Waals surface area contributed by atoms with Gasteiger partial charge in [-0.3, -0.25) is 0 Å². The van der Waals surface area contributed by atoms with Gasteiger partial charge in [-0.25, -0.2) is 4.79 Å². The summed E-state index contributed by atoms with van der Waals surface area (Å²) in [6, 6.07) is 17.0. The van der Waals surface area contributed by atoms with Gasteiger partial charge in [-0.1, -0.05) is 36.1 Å². The van der Waals surface area contributed by atoms with Crippen LogP contribution >= 0.6 is 0 Å². The number of aryl methyl sites for hydroxylation is 2. The Bertz CT molecular complexity index is 1000. The molecule has 0 spiro atoms. The largest absolute Gasteiger partial charge is 0.497 e. The quantitative estimate of drug-likeness (QED) is 0.590. The molecule has 32 heavy (non-hydrogen) atoms. The molecule has 0 aromatic heterocycles. The lowest BCUT2D eigenvalue weighted by Crippen LogP contribution is -2.46. The number of hydrogen-bond donors (Lipinski definition) is 0. The van der Waals surface area contributed by atoms with Crippen LogP contribution in [0, 0.1) is 30.1 Å². The number of hydrogen-bond acceptors (Lipinski definition) is 3. The molecule has 1 unspecified atom stereocenters. The van der Waals surface area contributed by atoms with E-state index in [0.29, 0.717) is 5.92 Å². The first kappa shape index (κ1) is 22.3. The van der Waals surface area contributed by atoms with Gasteiger partial charge in [0.05, 0.1) is 14.2 Å². The highest BCUT2D eigenvalue weighted by atomic mass is 16.5. The molecule has 1 heterocycles. The van der Waals surface area contributed by atoms with Crippen molar-refractivity contribution >= 4 is 6.09 Å². The molecule has 2 aromatic carbocycles. The van der Waals surface area contributed by atoms with Crippen molar-refractivity contribution in [3.8, 4) is 17.6 Å². The van der Waals surface area contributed by atoms with Gasteiger partial charge in [0.25, 0.3) is 0 Å². The highest BCUT2D eigenvalue weighted by molar-refractivity contribution is 5.68. The Morgan fingerprint density at radius 2 is 1.97 bits per heavy atom. The second-order valence-electron chi connectivity index (χ2n) is 9.14. The van der Waals surface area contributed by atoms with E-state index in [1.54, 1.807) is 7.11 Å². The Labute approximate surface area is 191 Å². The fourth-order valence-corrected chi connectivity index (χ4v) is 5.62. The minimum atomic E-state index is -0.199. The van der Waals surface area contributed by atoms with Gasteiger partial charge in [0.15, 0.2) is 0 Å². The maximum absolute atomic E-state index is 12.4. The van der Waals surface area contributed by atoms with Gasteiger partial charge in [0.2, 0.25) is 0 Å². The Morgan fingerprint density at radius 3 is 2.69 bits per heavy atom. The van der Waals surface area contributed by atoms with E-state index >= 15 is 0 Å². The molecular formula is C28H33NO3. The molecule has 0 bridgehead atoms. The van der Waals surface area contributed by atoms with Crippen LogP contribution in [0.3, 0.4) is 0 Å². The molecule has 2 aliphatic rings. The molecule has 2 aromatic rings. The monoisotopic (exact) mass is 431 g/mol. The molecule has 1 saturated carbocycles. The van der Waals surface area contributed by atoms with Crippen LogP contribution < -0.4 is 4.74 Å². The number of ether oxygens (including phenoxy) is 2. The summed E-state index contributed by atoms with van der Waals surface area (Å²) in [5.74, 6) is 8.54. The number of rotatable bonds is 4. The fourth-order valence-electron chi connectivity index (χ4n) is 5.62. The Kier molecular flexibility index (Phi) is 6.74. The first-order valence-electron chi connectivity index (χ1n) is 11.6. The first-order chi connectivity index (χ1) is 15.5. The van der Waals surface area contributed by atoms with E-state index in [4.69, 9.17) is 9.47 Å². The van der Waals surface area contributed by atoms with E-state index in [-0.39, 0.29) is 17.6 Å². The normalized spacial score (nSPS) is 24.3. The third kappa shape index (κ3) is 4.63. The summed E-state index contributed by atoms with van der Waals surface area (Å²) in [5, 5.41) is 0. The molecule has 3 atom stereocenters. The van der Waals surface area contributed by atoms with Crippen LogP contribution in [0.25, 0.3) is 0 Å². The number of carbonyl (C=O) groups excluding carboxylic acids is 1. The lowest BCUT2D eigenvalue weighted by molar-refractivity contribution is 0.0730.